The van der Waals surface area contributed by atoms with Crippen LogP contribution in [0.3, 0.4) is 0 Å². The van der Waals surface area contributed by atoms with E-state index in [-0.39, 0.29) is 11.9 Å². The van der Waals surface area contributed by atoms with E-state index in [1.165, 1.54) is 0 Å². The lowest BCUT2D eigenvalue weighted by Crippen LogP contribution is -2.39. The number of unbranched alkanes of at least 4 members (excludes halogenated alkanes) is 1. The normalized spacial score (nSPS) is 25.0. The first-order valence-electron chi connectivity index (χ1n) is 6.60. The van der Waals surface area contributed by atoms with Crippen molar-refractivity contribution in [3.05, 3.63) is 23.4 Å². The van der Waals surface area contributed by atoms with Gasteiger partial charge in [-0.15, -0.1) is 4.40 Å². The first-order chi connectivity index (χ1) is 9.89. The van der Waals surface area contributed by atoms with E-state index in [1.807, 2.05) is 6.08 Å². The third-order valence-electron chi connectivity index (χ3n) is 3.13. The number of nitrogens with two attached hydrogens (primary N) is 1. The lowest BCUT2D eigenvalue weighted by atomic mass is 9.98. The topological polar surface area (TPSA) is 117 Å². The van der Waals surface area contributed by atoms with Gasteiger partial charge in [-0.25, -0.2) is 0 Å². The molecule has 0 spiro atoms. The van der Waals surface area contributed by atoms with Crippen LogP contribution in [0.4, 0.5) is 0 Å². The van der Waals surface area contributed by atoms with Crippen molar-refractivity contribution in [2.45, 2.75) is 25.4 Å². The molecule has 2 aliphatic rings. The summed E-state index contributed by atoms with van der Waals surface area (Å²) in [6, 6.07) is 0. The maximum Gasteiger partial charge on any atom is 0.344 e. The van der Waals surface area contributed by atoms with E-state index >= 15 is 0 Å². The van der Waals surface area contributed by atoms with E-state index < -0.39 is 21.4 Å². The Balaban J connectivity index is 1.95. The number of ether oxygens (including phenoxy) is 1. The van der Waals surface area contributed by atoms with E-state index in [0.717, 1.165) is 12.8 Å². The molecule has 0 aromatic carbocycles. The Morgan fingerprint density at radius 3 is 3.05 bits per heavy atom. The highest BCUT2D eigenvalue weighted by Crippen LogP contribution is 2.25. The lowest BCUT2D eigenvalue weighted by molar-refractivity contribution is 0.0793. The van der Waals surface area contributed by atoms with Gasteiger partial charge in [0.05, 0.1) is 18.1 Å². The van der Waals surface area contributed by atoms with Crippen molar-refractivity contribution >= 4 is 27.2 Å². The summed E-state index contributed by atoms with van der Waals surface area (Å²) < 4.78 is 45.5. The zero-order chi connectivity index (χ0) is 15.5. The Kier molecular flexibility index (Phi) is 5.31. The third-order valence-corrected chi connectivity index (χ3v) is 4.90. The molecule has 0 aromatic rings. The average Bonchev–Trinajstić information content (AvgIpc) is 2.36. The molecule has 2 atom stereocenters. The van der Waals surface area contributed by atoms with Crippen molar-refractivity contribution in [2.75, 3.05) is 18.6 Å². The van der Waals surface area contributed by atoms with Gasteiger partial charge in [0.1, 0.15) is 11.6 Å². The van der Waals surface area contributed by atoms with Crippen LogP contribution < -0.4 is 10.5 Å². The smallest absolute Gasteiger partial charge is 0.344 e. The highest BCUT2D eigenvalue weighted by atomic mass is 32.2. The van der Waals surface area contributed by atoms with Crippen LogP contribution >= 0.6 is 0 Å². The summed E-state index contributed by atoms with van der Waals surface area (Å²) >= 11 is -0.787. The molecule has 0 radical (unpaired) electrons. The summed E-state index contributed by atoms with van der Waals surface area (Å²) in [5.41, 5.74) is 6.76. The minimum Gasteiger partial charge on any atom is -0.617 e. The molecular formula is C12H19N3O4S2. The predicted molar refractivity (Wildman–Crippen MR) is 82.4 cm³/mol. The maximum atomic E-state index is 11.5. The van der Waals surface area contributed by atoms with Gasteiger partial charge in [0.2, 0.25) is 0 Å². The SMILES string of the molecule is C[S+]([O-])CCCCO[C@@H]1CC=CC2=C1C(N)=NS(=O)(=O)N2. The molecule has 2 rings (SSSR count). The molecule has 0 saturated carbocycles. The van der Waals surface area contributed by atoms with Crippen molar-refractivity contribution in [1.29, 1.82) is 0 Å². The Morgan fingerprint density at radius 1 is 1.57 bits per heavy atom. The van der Waals surface area contributed by atoms with Gasteiger partial charge in [-0.2, -0.15) is 8.42 Å². The highest BCUT2D eigenvalue weighted by Gasteiger charge is 2.30. The lowest BCUT2D eigenvalue weighted by Gasteiger charge is -2.27. The molecule has 118 valence electrons. The molecule has 3 N–H and O–H groups in total. The molecule has 9 heteroatoms. The molecular weight excluding hydrogens is 314 g/mol. The summed E-state index contributed by atoms with van der Waals surface area (Å²) in [6.07, 6.45) is 7.13. The molecule has 1 unspecified atom stereocenters. The van der Waals surface area contributed by atoms with Crippen molar-refractivity contribution < 1.29 is 17.7 Å². The number of rotatable bonds is 6. The summed E-state index contributed by atoms with van der Waals surface area (Å²) in [4.78, 5) is 0. The van der Waals surface area contributed by atoms with Crippen LogP contribution in [0.2, 0.25) is 0 Å². The Hall–Kier alpha value is -1.03. The fourth-order valence-corrected chi connectivity index (χ4v) is 3.68. The molecule has 0 saturated heterocycles. The van der Waals surface area contributed by atoms with Gasteiger partial charge in [0.25, 0.3) is 0 Å². The first-order valence-corrected chi connectivity index (χ1v) is 9.76. The van der Waals surface area contributed by atoms with Crippen LogP contribution in [0.25, 0.3) is 0 Å². The van der Waals surface area contributed by atoms with Crippen molar-refractivity contribution in [3.63, 3.8) is 0 Å². The van der Waals surface area contributed by atoms with Crippen molar-refractivity contribution in [3.8, 4) is 0 Å². The Morgan fingerprint density at radius 2 is 2.33 bits per heavy atom. The van der Waals surface area contributed by atoms with E-state index in [2.05, 4.69) is 9.12 Å². The van der Waals surface area contributed by atoms with Gasteiger partial charge in [-0.05, 0) is 25.3 Å². The monoisotopic (exact) mass is 333 g/mol. The molecule has 7 nitrogen and oxygen atoms in total. The van der Waals surface area contributed by atoms with Gasteiger partial charge in [-0.1, -0.05) is 17.3 Å². The largest absolute Gasteiger partial charge is 0.617 e. The Labute approximate surface area is 127 Å². The highest BCUT2D eigenvalue weighted by molar-refractivity contribution is 7.90. The number of nitrogens with one attached hydrogen (secondary N) is 1. The van der Waals surface area contributed by atoms with Gasteiger partial charge in [0.15, 0.2) is 0 Å². The standard InChI is InChI=1S/C12H19N3O4S2/c1-20(16)8-3-2-7-19-10-6-4-5-9-11(10)12(13)15-21(17,18)14-9/h4-5,10,14H,2-3,6-8H2,1H3,(H2,13,15)/t10-,20?/m1/s1. The van der Waals surface area contributed by atoms with Crippen LogP contribution in [0, 0.1) is 0 Å². The van der Waals surface area contributed by atoms with E-state index in [9.17, 15) is 13.0 Å². The fraction of sp³-hybridized carbons (Fsp3) is 0.583. The number of nitrogens with zero attached hydrogens (tertiary/aromatic N) is 1. The number of allylic oxidation sites excluding steroid dienone is 1. The summed E-state index contributed by atoms with van der Waals surface area (Å²) in [5, 5.41) is 0. The van der Waals surface area contributed by atoms with Crippen LogP contribution in [0.15, 0.2) is 27.8 Å². The second-order valence-corrected chi connectivity index (χ2v) is 7.75. The van der Waals surface area contributed by atoms with Crippen molar-refractivity contribution in [1.82, 2.24) is 4.72 Å². The van der Waals surface area contributed by atoms with Crippen LogP contribution in [0.1, 0.15) is 19.3 Å². The quantitative estimate of drug-likeness (QED) is 0.522. The second kappa shape index (κ2) is 6.82. The maximum absolute atomic E-state index is 11.5. The van der Waals surface area contributed by atoms with Crippen LogP contribution in [0.5, 0.6) is 0 Å². The van der Waals surface area contributed by atoms with E-state index in [4.69, 9.17) is 10.5 Å². The number of hydrogen-bond donors (Lipinski definition) is 2. The molecule has 1 aliphatic heterocycles. The molecule has 0 fully saturated rings. The zero-order valence-electron chi connectivity index (χ0n) is 11.7. The first kappa shape index (κ1) is 16.3. The third kappa shape index (κ3) is 4.47. The van der Waals surface area contributed by atoms with E-state index in [0.29, 0.717) is 30.1 Å². The molecule has 0 aromatic heterocycles. The second-order valence-electron chi connectivity index (χ2n) is 4.86. The Bertz CT molecular complexity index is 581. The molecule has 1 heterocycles. The fourth-order valence-electron chi connectivity index (χ4n) is 2.21. The molecule has 1 aliphatic carbocycles. The summed E-state index contributed by atoms with van der Waals surface area (Å²) in [6.45, 7) is 0.506. The summed E-state index contributed by atoms with van der Waals surface area (Å²) in [7, 11) is -3.75. The van der Waals surface area contributed by atoms with Gasteiger partial charge in [-0.3, -0.25) is 4.72 Å². The van der Waals surface area contributed by atoms with Gasteiger partial charge in [0, 0.05) is 12.2 Å². The summed E-state index contributed by atoms with van der Waals surface area (Å²) in [5.74, 6) is 0.637. The molecule has 0 amide bonds. The van der Waals surface area contributed by atoms with E-state index in [1.54, 1.807) is 12.3 Å². The molecule has 21 heavy (non-hydrogen) atoms. The van der Waals surface area contributed by atoms with Crippen LogP contribution in [-0.2, 0) is 26.1 Å². The van der Waals surface area contributed by atoms with Gasteiger partial charge < -0.3 is 15.0 Å². The minimum atomic E-state index is -3.75. The van der Waals surface area contributed by atoms with Gasteiger partial charge >= 0.3 is 10.2 Å². The minimum absolute atomic E-state index is 0.0206. The molecule has 0 bridgehead atoms. The van der Waals surface area contributed by atoms with Crippen molar-refractivity contribution in [2.24, 2.45) is 10.1 Å². The average molecular weight is 333 g/mol. The zero-order valence-corrected chi connectivity index (χ0v) is 13.4. The number of hydrogen-bond acceptors (Lipinski definition) is 5. The number of amidine groups is 1. The predicted octanol–water partition coefficient (Wildman–Crippen LogP) is -0.0505. The van der Waals surface area contributed by atoms with Crippen LogP contribution in [-0.4, -0.2) is 43.5 Å².